The smallest absolute Gasteiger partial charge is 0.308 e. The number of anilines is 2. The van der Waals surface area contributed by atoms with E-state index in [1.807, 2.05) is 42.6 Å². The fourth-order valence-corrected chi connectivity index (χ4v) is 8.93. The summed E-state index contributed by atoms with van der Waals surface area (Å²) >= 11 is 7.16. The van der Waals surface area contributed by atoms with Crippen LogP contribution in [-0.4, -0.2) is 27.5 Å². The molecule has 2 aliphatic heterocycles. The Hall–Kier alpha value is -2.99. The van der Waals surface area contributed by atoms with Crippen molar-refractivity contribution in [2.24, 2.45) is 5.92 Å². The predicted molar refractivity (Wildman–Crippen MR) is 154 cm³/mol. The van der Waals surface area contributed by atoms with Crippen molar-refractivity contribution in [2.75, 3.05) is 10.2 Å². The number of amides is 3. The standard InChI is InChI=1S/C27H20BrN3O4S3/c1-14-4-2-5-16(12-14)29-19(32)13-30-26-23(38-27(30)35)20(18-6-3-11-36-18)21-22(37-26)25(34)31(24(21)33)17-9-7-15(28)8-10-17/h2-12,20-22H,13H2,1H3,(H,29,32)/t20-,21?,22?/m1/s1. The topological polar surface area (TPSA) is 88.5 Å². The minimum Gasteiger partial charge on any atom is -0.325 e. The molecule has 0 aliphatic carbocycles. The zero-order valence-electron chi connectivity index (χ0n) is 19.9. The van der Waals surface area contributed by atoms with Crippen LogP contribution in [0.15, 0.2) is 80.3 Å². The van der Waals surface area contributed by atoms with Gasteiger partial charge in [-0.2, -0.15) is 0 Å². The predicted octanol–water partition coefficient (Wildman–Crippen LogP) is 5.48. The van der Waals surface area contributed by atoms with Crippen LogP contribution in [0.5, 0.6) is 0 Å². The lowest BCUT2D eigenvalue weighted by Crippen LogP contribution is -2.32. The molecule has 11 heteroatoms. The highest BCUT2D eigenvalue weighted by atomic mass is 79.9. The Labute approximate surface area is 238 Å². The maximum Gasteiger partial charge on any atom is 0.308 e. The fraction of sp³-hybridized carbons (Fsp3) is 0.185. The Morgan fingerprint density at radius 3 is 2.53 bits per heavy atom. The molecular weight excluding hydrogens is 606 g/mol. The van der Waals surface area contributed by atoms with Crippen LogP contribution >= 0.6 is 50.4 Å². The third-order valence-electron chi connectivity index (χ3n) is 6.59. The van der Waals surface area contributed by atoms with Gasteiger partial charge in [-0.05, 0) is 60.3 Å². The van der Waals surface area contributed by atoms with Crippen LogP contribution in [0.25, 0.3) is 0 Å². The lowest BCUT2D eigenvalue weighted by atomic mass is 9.87. The normalized spacial score (nSPS) is 20.4. The van der Waals surface area contributed by atoms with Gasteiger partial charge in [-0.25, -0.2) is 4.90 Å². The van der Waals surface area contributed by atoms with E-state index in [1.165, 1.54) is 32.6 Å². The average molecular weight is 627 g/mol. The van der Waals surface area contributed by atoms with E-state index in [-0.39, 0.29) is 29.1 Å². The summed E-state index contributed by atoms with van der Waals surface area (Å²) in [7, 11) is 0. The minimum absolute atomic E-state index is 0.182. The van der Waals surface area contributed by atoms with Gasteiger partial charge < -0.3 is 5.32 Å². The Morgan fingerprint density at radius 1 is 1.03 bits per heavy atom. The molecule has 0 spiro atoms. The van der Waals surface area contributed by atoms with Crippen molar-refractivity contribution in [3.05, 3.63) is 95.5 Å². The first-order valence-corrected chi connectivity index (χ1v) is 15.1. The minimum atomic E-state index is -0.703. The van der Waals surface area contributed by atoms with E-state index in [4.69, 9.17) is 0 Å². The van der Waals surface area contributed by atoms with Crippen molar-refractivity contribution < 1.29 is 14.4 Å². The number of thioether (sulfide) groups is 1. The van der Waals surface area contributed by atoms with E-state index in [0.29, 0.717) is 16.4 Å². The van der Waals surface area contributed by atoms with Crippen molar-refractivity contribution >= 4 is 79.5 Å². The Morgan fingerprint density at radius 2 is 1.82 bits per heavy atom. The molecule has 3 atom stereocenters. The fourth-order valence-electron chi connectivity index (χ4n) is 4.94. The molecule has 3 amide bonds. The molecular formula is C27H20BrN3O4S3. The highest BCUT2D eigenvalue weighted by molar-refractivity contribution is 9.10. The van der Waals surface area contributed by atoms with E-state index in [9.17, 15) is 19.2 Å². The summed E-state index contributed by atoms with van der Waals surface area (Å²) in [6.07, 6.45) is 0. The highest BCUT2D eigenvalue weighted by Gasteiger charge is 2.57. The third-order valence-corrected chi connectivity index (χ3v) is 10.7. The second-order valence-electron chi connectivity index (χ2n) is 9.09. The van der Waals surface area contributed by atoms with Crippen molar-refractivity contribution in [1.82, 2.24) is 4.57 Å². The number of thiophene rings is 1. The summed E-state index contributed by atoms with van der Waals surface area (Å²) in [6.45, 7) is 1.75. The quantitative estimate of drug-likeness (QED) is 0.297. The summed E-state index contributed by atoms with van der Waals surface area (Å²) in [5.74, 6) is -2.00. The second-order valence-corrected chi connectivity index (χ2v) is 13.1. The SMILES string of the molecule is Cc1cccc(NC(=O)Cn2c3c(sc2=O)[C@H](c2cccs2)C2C(=O)N(c4ccc(Br)cc4)C(=O)C2S3)c1. The van der Waals surface area contributed by atoms with E-state index in [2.05, 4.69) is 21.2 Å². The van der Waals surface area contributed by atoms with Crippen LogP contribution in [0, 0.1) is 12.8 Å². The first kappa shape index (κ1) is 25.3. The number of aryl methyl sites for hydroxylation is 1. The number of rotatable bonds is 5. The molecule has 1 saturated heterocycles. The number of halogens is 1. The molecule has 192 valence electrons. The van der Waals surface area contributed by atoms with Gasteiger partial charge in [0.15, 0.2) is 0 Å². The number of carbonyl (C=O) groups is 3. The Balaban J connectivity index is 1.38. The summed E-state index contributed by atoms with van der Waals surface area (Å²) in [4.78, 5) is 56.2. The molecule has 2 aliphatic rings. The van der Waals surface area contributed by atoms with Crippen molar-refractivity contribution in [1.29, 1.82) is 0 Å². The van der Waals surface area contributed by atoms with E-state index in [1.54, 1.807) is 30.3 Å². The third kappa shape index (κ3) is 4.37. The molecule has 6 rings (SSSR count). The largest absolute Gasteiger partial charge is 0.325 e. The molecule has 1 N–H and O–H groups in total. The van der Waals surface area contributed by atoms with Crippen molar-refractivity contribution in [3.8, 4) is 0 Å². The Bertz CT molecular complexity index is 1630. The van der Waals surface area contributed by atoms with Crippen LogP contribution in [0.4, 0.5) is 11.4 Å². The number of imide groups is 1. The number of hydrogen-bond donors (Lipinski definition) is 1. The molecule has 7 nitrogen and oxygen atoms in total. The maximum absolute atomic E-state index is 13.8. The van der Waals surface area contributed by atoms with Crippen LogP contribution in [0.1, 0.15) is 21.2 Å². The van der Waals surface area contributed by atoms with Gasteiger partial charge in [0.25, 0.3) is 0 Å². The maximum atomic E-state index is 13.8. The molecule has 2 aromatic heterocycles. The van der Waals surface area contributed by atoms with E-state index < -0.39 is 17.1 Å². The zero-order valence-corrected chi connectivity index (χ0v) is 24.0. The summed E-state index contributed by atoms with van der Waals surface area (Å²) in [5, 5.41) is 4.66. The highest BCUT2D eigenvalue weighted by Crippen LogP contribution is 2.54. The van der Waals surface area contributed by atoms with Crippen molar-refractivity contribution in [2.45, 2.75) is 29.7 Å². The van der Waals surface area contributed by atoms with Gasteiger partial charge in [-0.3, -0.25) is 23.7 Å². The Kier molecular flexibility index (Phi) is 6.63. The summed E-state index contributed by atoms with van der Waals surface area (Å²) in [5.41, 5.74) is 2.17. The molecule has 0 bridgehead atoms. The first-order valence-electron chi connectivity index (χ1n) is 11.8. The number of fused-ring (bicyclic) bond motifs is 2. The monoisotopic (exact) mass is 625 g/mol. The van der Waals surface area contributed by atoms with Gasteiger partial charge in [0.2, 0.25) is 17.7 Å². The molecule has 2 unspecified atom stereocenters. The number of thiazole rings is 1. The van der Waals surface area contributed by atoms with Crippen LogP contribution in [0.2, 0.25) is 0 Å². The molecule has 4 heterocycles. The number of nitrogens with one attached hydrogen (secondary N) is 1. The molecule has 0 saturated carbocycles. The van der Waals surface area contributed by atoms with E-state index >= 15 is 0 Å². The second kappa shape index (κ2) is 9.96. The summed E-state index contributed by atoms with van der Waals surface area (Å²) < 4.78 is 2.28. The van der Waals surface area contributed by atoms with Crippen LogP contribution < -0.4 is 15.1 Å². The lowest BCUT2D eigenvalue weighted by molar-refractivity contribution is -0.122. The number of hydrogen-bond acceptors (Lipinski definition) is 7. The summed E-state index contributed by atoms with van der Waals surface area (Å²) in [6, 6.07) is 18.3. The molecule has 0 radical (unpaired) electrons. The van der Waals surface area contributed by atoms with Gasteiger partial charge in [0, 0.05) is 25.8 Å². The number of benzene rings is 2. The molecule has 2 aromatic carbocycles. The van der Waals surface area contributed by atoms with Gasteiger partial charge in [0.05, 0.1) is 16.6 Å². The number of carbonyl (C=O) groups excluding carboxylic acids is 3. The zero-order chi connectivity index (χ0) is 26.6. The lowest BCUT2D eigenvalue weighted by Gasteiger charge is -2.29. The van der Waals surface area contributed by atoms with Crippen LogP contribution in [-0.2, 0) is 20.9 Å². The number of nitrogens with zero attached hydrogens (tertiary/aromatic N) is 2. The molecule has 1 fully saturated rings. The van der Waals surface area contributed by atoms with E-state index in [0.717, 1.165) is 31.1 Å². The van der Waals surface area contributed by atoms with Gasteiger partial charge in [-0.1, -0.05) is 57.2 Å². The average Bonchev–Trinajstić information content (AvgIpc) is 3.58. The van der Waals surface area contributed by atoms with Gasteiger partial charge >= 0.3 is 4.87 Å². The molecule has 4 aromatic rings. The first-order chi connectivity index (χ1) is 18.3. The number of aromatic nitrogens is 1. The molecule has 38 heavy (non-hydrogen) atoms. The van der Waals surface area contributed by atoms with Gasteiger partial charge in [-0.15, -0.1) is 11.3 Å². The van der Waals surface area contributed by atoms with Gasteiger partial charge in [0.1, 0.15) is 11.8 Å². The van der Waals surface area contributed by atoms with Crippen LogP contribution in [0.3, 0.4) is 0 Å². The van der Waals surface area contributed by atoms with Crippen molar-refractivity contribution in [3.63, 3.8) is 0 Å².